The molecule has 12 heteroatoms. The third-order valence-electron chi connectivity index (χ3n) is 8.75. The van der Waals surface area contributed by atoms with E-state index in [1.165, 1.54) is 12.8 Å². The lowest BCUT2D eigenvalue weighted by Crippen LogP contribution is -2.59. The van der Waals surface area contributed by atoms with Crippen LogP contribution in [0.15, 0.2) is 33.8 Å². The third kappa shape index (κ3) is 5.42. The van der Waals surface area contributed by atoms with Crippen LogP contribution >= 0.6 is 11.6 Å². The number of amides is 1. The van der Waals surface area contributed by atoms with Crippen LogP contribution in [-0.4, -0.2) is 65.6 Å². The van der Waals surface area contributed by atoms with E-state index in [-0.39, 0.29) is 23.8 Å². The van der Waals surface area contributed by atoms with Crippen LogP contribution in [-0.2, 0) is 11.3 Å². The average Bonchev–Trinajstić information content (AvgIpc) is 3.56. The van der Waals surface area contributed by atoms with Crippen LogP contribution in [0.5, 0.6) is 0 Å². The fraction of sp³-hybridized carbons (Fsp3) is 0.533. The molecule has 4 aromatic rings. The van der Waals surface area contributed by atoms with E-state index in [4.69, 9.17) is 26.1 Å². The number of pyridine rings is 2. The Morgan fingerprint density at radius 2 is 1.81 bits per heavy atom. The molecule has 1 amide bonds. The van der Waals surface area contributed by atoms with E-state index >= 15 is 0 Å². The van der Waals surface area contributed by atoms with Crippen molar-refractivity contribution in [3.05, 3.63) is 40.1 Å². The number of hydrogen-bond donors (Lipinski definition) is 1. The summed E-state index contributed by atoms with van der Waals surface area (Å²) in [4.78, 5) is 45.9. The molecule has 2 fully saturated rings. The molecule has 0 radical (unpaired) electrons. The van der Waals surface area contributed by atoms with Crippen molar-refractivity contribution in [3.63, 3.8) is 0 Å². The Morgan fingerprint density at radius 3 is 2.45 bits per heavy atom. The standard InChI is InChI=1S/C30H37ClN8O3/c1-5-25(40)37-14-18(3)39(19(4)15-37)29-34-23-11-24(28-35-30(41)42-36-28)33-26(21-10-22(31)13-32-12-21)27(23)38(29)16-20-8-6-17(2)7-9-20/h10-13,17-20H,5-9,14-16H2,1-4H3,(H,35,36,41)/t17?,18-,19-,20?/m1/s1. The summed E-state index contributed by atoms with van der Waals surface area (Å²) in [7, 11) is 0. The van der Waals surface area contributed by atoms with E-state index in [2.05, 4.69) is 45.4 Å². The SMILES string of the molecule is CCC(=O)N1C[C@@H](C)N(c2nc3cc(-c4noc(=O)[nH]4)nc(-c4cncc(Cl)c4)c3n2CC2CCC(C)CC2)[C@H](C)C1. The van der Waals surface area contributed by atoms with Gasteiger partial charge in [-0.3, -0.25) is 19.3 Å². The van der Waals surface area contributed by atoms with Gasteiger partial charge in [-0.2, -0.15) is 0 Å². The van der Waals surface area contributed by atoms with Crippen molar-refractivity contribution in [2.75, 3.05) is 18.0 Å². The summed E-state index contributed by atoms with van der Waals surface area (Å²) in [6.07, 6.45) is 8.56. The topological polar surface area (TPSA) is 126 Å². The monoisotopic (exact) mass is 592 g/mol. The Hall–Kier alpha value is -3.73. The molecule has 222 valence electrons. The molecule has 1 saturated carbocycles. The van der Waals surface area contributed by atoms with Crippen molar-refractivity contribution in [1.82, 2.24) is 34.6 Å². The van der Waals surface area contributed by atoms with Gasteiger partial charge in [0, 0.05) is 56.1 Å². The summed E-state index contributed by atoms with van der Waals surface area (Å²) in [5.41, 5.74) is 3.44. The second kappa shape index (κ2) is 11.5. The van der Waals surface area contributed by atoms with Crippen molar-refractivity contribution in [2.45, 2.75) is 78.4 Å². The first kappa shape index (κ1) is 28.4. The van der Waals surface area contributed by atoms with Crippen LogP contribution in [0.3, 0.4) is 0 Å². The van der Waals surface area contributed by atoms with Crippen LogP contribution in [0.1, 0.15) is 59.8 Å². The zero-order chi connectivity index (χ0) is 29.5. The van der Waals surface area contributed by atoms with Gasteiger partial charge in [-0.15, -0.1) is 0 Å². The van der Waals surface area contributed by atoms with Crippen molar-refractivity contribution >= 4 is 34.5 Å². The predicted molar refractivity (Wildman–Crippen MR) is 161 cm³/mol. The fourth-order valence-corrected chi connectivity index (χ4v) is 6.81. The molecule has 4 aromatic heterocycles. The second-order valence-corrected chi connectivity index (χ2v) is 12.4. The van der Waals surface area contributed by atoms with E-state index in [0.29, 0.717) is 41.8 Å². The molecular weight excluding hydrogens is 556 g/mol. The average molecular weight is 593 g/mol. The maximum Gasteiger partial charge on any atom is 0.439 e. The third-order valence-corrected chi connectivity index (χ3v) is 8.95. The largest absolute Gasteiger partial charge is 0.439 e. The highest BCUT2D eigenvalue weighted by atomic mass is 35.5. The van der Waals surface area contributed by atoms with E-state index in [1.54, 1.807) is 12.4 Å². The maximum absolute atomic E-state index is 12.6. The van der Waals surface area contributed by atoms with Gasteiger partial charge in [0.1, 0.15) is 5.69 Å². The molecule has 2 atom stereocenters. The van der Waals surface area contributed by atoms with E-state index in [1.807, 2.05) is 24.0 Å². The maximum atomic E-state index is 12.6. The summed E-state index contributed by atoms with van der Waals surface area (Å²) in [6.45, 7) is 10.6. The number of imidazole rings is 1. The van der Waals surface area contributed by atoms with Gasteiger partial charge in [-0.1, -0.05) is 43.4 Å². The lowest BCUT2D eigenvalue weighted by atomic mass is 9.83. The van der Waals surface area contributed by atoms with Crippen LogP contribution in [0, 0.1) is 11.8 Å². The minimum absolute atomic E-state index is 0.0572. The summed E-state index contributed by atoms with van der Waals surface area (Å²) in [5.74, 6) is 1.84. The van der Waals surface area contributed by atoms with E-state index in [0.717, 1.165) is 47.8 Å². The molecule has 1 aliphatic carbocycles. The lowest BCUT2D eigenvalue weighted by molar-refractivity contribution is -0.132. The quantitative estimate of drug-likeness (QED) is 0.326. The minimum atomic E-state index is -0.655. The van der Waals surface area contributed by atoms with Crippen molar-refractivity contribution < 1.29 is 9.32 Å². The highest BCUT2D eigenvalue weighted by molar-refractivity contribution is 6.30. The summed E-state index contributed by atoms with van der Waals surface area (Å²) in [5, 5.41) is 4.39. The van der Waals surface area contributed by atoms with Crippen molar-refractivity contribution in [2.24, 2.45) is 11.8 Å². The number of aromatic amines is 1. The van der Waals surface area contributed by atoms with Crippen molar-refractivity contribution in [1.29, 1.82) is 0 Å². The van der Waals surface area contributed by atoms with Gasteiger partial charge in [0.25, 0.3) is 0 Å². The molecule has 1 aliphatic heterocycles. The number of fused-ring (bicyclic) bond motifs is 1. The Balaban J connectivity index is 1.55. The number of nitrogens with zero attached hydrogens (tertiary/aromatic N) is 7. The van der Waals surface area contributed by atoms with Gasteiger partial charge in [0.2, 0.25) is 17.7 Å². The molecule has 1 N–H and O–H groups in total. The van der Waals surface area contributed by atoms with Gasteiger partial charge < -0.3 is 14.4 Å². The summed E-state index contributed by atoms with van der Waals surface area (Å²) in [6, 6.07) is 3.80. The van der Waals surface area contributed by atoms with Crippen LogP contribution < -0.4 is 10.7 Å². The Morgan fingerprint density at radius 1 is 1.07 bits per heavy atom. The second-order valence-electron chi connectivity index (χ2n) is 12.0. The molecule has 0 aromatic carbocycles. The molecule has 0 bridgehead atoms. The fourth-order valence-electron chi connectivity index (χ4n) is 6.63. The van der Waals surface area contributed by atoms with Gasteiger partial charge in [-0.05, 0) is 50.7 Å². The lowest BCUT2D eigenvalue weighted by Gasteiger charge is -2.45. The molecule has 42 heavy (non-hydrogen) atoms. The highest BCUT2D eigenvalue weighted by Gasteiger charge is 2.35. The van der Waals surface area contributed by atoms with Crippen LogP contribution in [0.4, 0.5) is 5.95 Å². The molecule has 5 heterocycles. The summed E-state index contributed by atoms with van der Waals surface area (Å²) >= 11 is 6.40. The molecule has 6 rings (SSSR count). The number of nitrogens with one attached hydrogen (secondary N) is 1. The number of carbonyl (C=O) groups excluding carboxylic acids is 1. The zero-order valence-corrected chi connectivity index (χ0v) is 25.3. The Kier molecular flexibility index (Phi) is 7.78. The summed E-state index contributed by atoms with van der Waals surface area (Å²) < 4.78 is 7.11. The van der Waals surface area contributed by atoms with Gasteiger partial charge in [0.05, 0.1) is 21.7 Å². The number of piperazine rings is 1. The Labute approximate surface area is 249 Å². The van der Waals surface area contributed by atoms with Crippen LogP contribution in [0.2, 0.25) is 5.02 Å². The molecule has 2 aliphatic rings. The minimum Gasteiger partial charge on any atom is -0.339 e. The van der Waals surface area contributed by atoms with Crippen LogP contribution in [0.25, 0.3) is 33.8 Å². The number of rotatable bonds is 6. The molecule has 0 unspecified atom stereocenters. The smallest absolute Gasteiger partial charge is 0.339 e. The first-order valence-corrected chi connectivity index (χ1v) is 15.2. The van der Waals surface area contributed by atoms with Gasteiger partial charge >= 0.3 is 5.76 Å². The molecule has 11 nitrogen and oxygen atoms in total. The number of H-pyrrole nitrogens is 1. The zero-order valence-electron chi connectivity index (χ0n) is 24.5. The van der Waals surface area contributed by atoms with Crippen molar-refractivity contribution in [3.8, 4) is 22.8 Å². The number of aromatic nitrogens is 6. The number of hydrogen-bond acceptors (Lipinski definition) is 8. The molecule has 1 saturated heterocycles. The van der Waals surface area contributed by atoms with E-state index < -0.39 is 5.76 Å². The number of anilines is 1. The van der Waals surface area contributed by atoms with Gasteiger partial charge in [0.15, 0.2) is 0 Å². The predicted octanol–water partition coefficient (Wildman–Crippen LogP) is 5.15. The molecular formula is C30H37ClN8O3. The molecule has 0 spiro atoms. The first-order chi connectivity index (χ1) is 20.2. The first-order valence-electron chi connectivity index (χ1n) is 14.9. The number of carbonyl (C=O) groups is 1. The number of halogens is 1. The van der Waals surface area contributed by atoms with Gasteiger partial charge in [-0.25, -0.2) is 14.8 Å². The van der Waals surface area contributed by atoms with E-state index in [9.17, 15) is 9.59 Å². The Bertz CT molecular complexity index is 1640. The highest BCUT2D eigenvalue weighted by Crippen LogP contribution is 2.38. The normalized spacial score (nSPS) is 23.1.